The third-order valence-electron chi connectivity index (χ3n) is 4.03. The number of carbonyl (C=O) groups is 3. The molecule has 0 bridgehead atoms. The summed E-state index contributed by atoms with van der Waals surface area (Å²) in [5.41, 5.74) is 1.25. The summed E-state index contributed by atoms with van der Waals surface area (Å²) in [6, 6.07) is 17.4. The number of esters is 1. The topological polar surface area (TPSA) is 72.5 Å². The van der Waals surface area contributed by atoms with Crippen LogP contribution in [0, 0.1) is 0 Å². The standard InChI is InChI=1S/C22H14BrCl2NO4/c23-15-6-4-13(5-7-15)20(27)12-30-22(29)14-2-1-3-17(10-14)26-21(28)18-9-8-16(24)11-19(18)25/h1-11H,12H2,(H,26,28). The third kappa shape index (κ3) is 5.69. The van der Waals surface area contributed by atoms with Crippen molar-refractivity contribution in [1.82, 2.24) is 0 Å². The van der Waals surface area contributed by atoms with Crippen LogP contribution < -0.4 is 5.32 Å². The molecule has 8 heteroatoms. The molecule has 3 rings (SSSR count). The average molecular weight is 507 g/mol. The highest BCUT2D eigenvalue weighted by molar-refractivity contribution is 9.10. The largest absolute Gasteiger partial charge is 0.454 e. The van der Waals surface area contributed by atoms with E-state index in [1.807, 2.05) is 0 Å². The number of hydrogen-bond acceptors (Lipinski definition) is 4. The van der Waals surface area contributed by atoms with E-state index in [9.17, 15) is 14.4 Å². The summed E-state index contributed by atoms with van der Waals surface area (Å²) in [7, 11) is 0. The summed E-state index contributed by atoms with van der Waals surface area (Å²) in [5.74, 6) is -1.45. The molecule has 0 radical (unpaired) electrons. The lowest BCUT2D eigenvalue weighted by atomic mass is 10.1. The summed E-state index contributed by atoms with van der Waals surface area (Å²) in [6.07, 6.45) is 0. The van der Waals surface area contributed by atoms with Gasteiger partial charge in [0.1, 0.15) is 0 Å². The number of halogens is 3. The van der Waals surface area contributed by atoms with E-state index < -0.39 is 18.5 Å². The van der Waals surface area contributed by atoms with E-state index in [2.05, 4.69) is 21.2 Å². The lowest BCUT2D eigenvalue weighted by Gasteiger charge is -2.09. The Labute approximate surface area is 191 Å². The number of ether oxygens (including phenoxy) is 1. The third-order valence-corrected chi connectivity index (χ3v) is 5.11. The second-order valence-electron chi connectivity index (χ2n) is 6.17. The van der Waals surface area contributed by atoms with Gasteiger partial charge in [-0.05, 0) is 48.5 Å². The smallest absolute Gasteiger partial charge is 0.338 e. The number of rotatable bonds is 6. The van der Waals surface area contributed by atoms with Crippen molar-refractivity contribution in [3.05, 3.63) is 97.9 Å². The van der Waals surface area contributed by atoms with Crippen LogP contribution in [0.2, 0.25) is 10.0 Å². The van der Waals surface area contributed by atoms with Gasteiger partial charge in [0.2, 0.25) is 0 Å². The molecular formula is C22H14BrCl2NO4. The van der Waals surface area contributed by atoms with E-state index in [-0.39, 0.29) is 21.9 Å². The van der Waals surface area contributed by atoms with Gasteiger partial charge < -0.3 is 10.1 Å². The van der Waals surface area contributed by atoms with E-state index >= 15 is 0 Å². The van der Waals surface area contributed by atoms with Gasteiger partial charge >= 0.3 is 5.97 Å². The second-order valence-corrected chi connectivity index (χ2v) is 7.92. The highest BCUT2D eigenvalue weighted by Gasteiger charge is 2.14. The minimum absolute atomic E-state index is 0.193. The monoisotopic (exact) mass is 505 g/mol. The summed E-state index contributed by atoms with van der Waals surface area (Å²) < 4.78 is 5.95. The molecule has 0 aliphatic heterocycles. The molecule has 0 spiro atoms. The van der Waals surface area contributed by atoms with Crippen molar-refractivity contribution in [2.45, 2.75) is 0 Å². The number of ketones is 1. The van der Waals surface area contributed by atoms with Crippen molar-refractivity contribution in [2.24, 2.45) is 0 Å². The van der Waals surface area contributed by atoms with Gasteiger partial charge in [-0.25, -0.2) is 4.79 Å². The summed E-state index contributed by atoms with van der Waals surface area (Å²) in [4.78, 5) is 36.9. The number of Topliss-reactive ketones (excluding diaryl/α,β-unsaturated/α-hetero) is 1. The number of benzene rings is 3. The Morgan fingerprint density at radius 3 is 2.33 bits per heavy atom. The van der Waals surface area contributed by atoms with Crippen LogP contribution in [0.1, 0.15) is 31.1 Å². The molecule has 0 saturated heterocycles. The second kappa shape index (κ2) is 9.89. The van der Waals surface area contributed by atoms with Gasteiger partial charge in [0.05, 0.1) is 16.1 Å². The molecule has 30 heavy (non-hydrogen) atoms. The quantitative estimate of drug-likeness (QED) is 0.326. The zero-order valence-electron chi connectivity index (χ0n) is 15.3. The molecule has 0 atom stereocenters. The lowest BCUT2D eigenvalue weighted by Crippen LogP contribution is -2.15. The van der Waals surface area contributed by atoms with Crippen molar-refractivity contribution in [3.63, 3.8) is 0 Å². The van der Waals surface area contributed by atoms with Gasteiger partial charge in [0.25, 0.3) is 5.91 Å². The first-order valence-corrected chi connectivity index (χ1v) is 10.2. The molecule has 5 nitrogen and oxygen atoms in total. The number of carbonyl (C=O) groups excluding carboxylic acids is 3. The molecular weight excluding hydrogens is 493 g/mol. The SMILES string of the molecule is O=C(COC(=O)c1cccc(NC(=O)c2ccc(Cl)cc2Cl)c1)c1ccc(Br)cc1. The molecule has 1 N–H and O–H groups in total. The van der Waals surface area contributed by atoms with Gasteiger partial charge in [0, 0.05) is 20.7 Å². The molecule has 0 fully saturated rings. The zero-order valence-corrected chi connectivity index (χ0v) is 18.4. The molecule has 0 aliphatic carbocycles. The highest BCUT2D eigenvalue weighted by atomic mass is 79.9. The molecule has 0 saturated carbocycles. The fourth-order valence-electron chi connectivity index (χ4n) is 2.53. The van der Waals surface area contributed by atoms with Gasteiger partial charge in [-0.15, -0.1) is 0 Å². The van der Waals surface area contributed by atoms with Crippen molar-refractivity contribution in [3.8, 4) is 0 Å². The lowest BCUT2D eigenvalue weighted by molar-refractivity contribution is 0.0474. The van der Waals surface area contributed by atoms with Gasteiger partial charge in [-0.3, -0.25) is 9.59 Å². The first-order valence-electron chi connectivity index (χ1n) is 8.66. The number of nitrogens with one attached hydrogen (secondary N) is 1. The Morgan fingerprint density at radius 2 is 1.63 bits per heavy atom. The Hall–Kier alpha value is -2.67. The first-order chi connectivity index (χ1) is 14.3. The predicted molar refractivity (Wildman–Crippen MR) is 120 cm³/mol. The Morgan fingerprint density at radius 1 is 0.900 bits per heavy atom. The molecule has 1 amide bonds. The van der Waals surface area contributed by atoms with E-state index in [0.717, 1.165) is 4.47 Å². The van der Waals surface area contributed by atoms with Gasteiger partial charge in [0.15, 0.2) is 12.4 Å². The minimum atomic E-state index is -0.680. The highest BCUT2D eigenvalue weighted by Crippen LogP contribution is 2.22. The van der Waals surface area contributed by atoms with Gasteiger partial charge in [-0.2, -0.15) is 0 Å². The normalized spacial score (nSPS) is 10.4. The van der Waals surface area contributed by atoms with Crippen molar-refractivity contribution in [1.29, 1.82) is 0 Å². The van der Waals surface area contributed by atoms with Crippen LogP contribution in [0.25, 0.3) is 0 Å². The maximum atomic E-state index is 12.4. The van der Waals surface area contributed by atoms with Crippen LogP contribution in [0.3, 0.4) is 0 Å². The van der Waals surface area contributed by atoms with Crippen LogP contribution in [0.5, 0.6) is 0 Å². The van der Waals surface area contributed by atoms with Crippen LogP contribution >= 0.6 is 39.1 Å². The minimum Gasteiger partial charge on any atom is -0.454 e. The fourth-order valence-corrected chi connectivity index (χ4v) is 3.29. The van der Waals surface area contributed by atoms with E-state index in [4.69, 9.17) is 27.9 Å². The van der Waals surface area contributed by atoms with Crippen molar-refractivity contribution in [2.75, 3.05) is 11.9 Å². The van der Waals surface area contributed by atoms with E-state index in [1.54, 1.807) is 42.5 Å². The zero-order chi connectivity index (χ0) is 21.7. The molecule has 0 unspecified atom stereocenters. The molecule has 3 aromatic rings. The van der Waals surface area contributed by atoms with Crippen molar-refractivity contribution < 1.29 is 19.1 Å². The Balaban J connectivity index is 1.64. The summed E-state index contributed by atoms with van der Waals surface area (Å²) in [6.45, 7) is -0.391. The molecule has 0 heterocycles. The van der Waals surface area contributed by atoms with E-state index in [1.165, 1.54) is 24.3 Å². The van der Waals surface area contributed by atoms with Crippen LogP contribution in [0.4, 0.5) is 5.69 Å². The maximum absolute atomic E-state index is 12.4. The Bertz CT molecular complexity index is 1120. The molecule has 152 valence electrons. The Kier molecular flexibility index (Phi) is 7.26. The number of anilines is 1. The molecule has 0 aliphatic rings. The van der Waals surface area contributed by atoms with Crippen molar-refractivity contribution >= 4 is 62.5 Å². The van der Waals surface area contributed by atoms with Gasteiger partial charge in [-0.1, -0.05) is 57.3 Å². The van der Waals surface area contributed by atoms with Crippen LogP contribution in [0.15, 0.2) is 71.2 Å². The van der Waals surface area contributed by atoms with E-state index in [0.29, 0.717) is 16.3 Å². The number of hydrogen-bond donors (Lipinski definition) is 1. The first kappa shape index (κ1) is 22.0. The summed E-state index contributed by atoms with van der Waals surface area (Å²) >= 11 is 15.2. The van der Waals surface area contributed by atoms with Crippen LogP contribution in [-0.2, 0) is 4.74 Å². The molecule has 0 aromatic heterocycles. The average Bonchev–Trinajstić information content (AvgIpc) is 2.72. The predicted octanol–water partition coefficient (Wildman–Crippen LogP) is 6.05. The maximum Gasteiger partial charge on any atom is 0.338 e. The fraction of sp³-hybridized carbons (Fsp3) is 0.0455. The molecule has 3 aromatic carbocycles. The summed E-state index contributed by atoms with van der Waals surface area (Å²) in [5, 5.41) is 3.29. The van der Waals surface area contributed by atoms with Crippen LogP contribution in [-0.4, -0.2) is 24.3 Å². The number of amides is 1.